The van der Waals surface area contributed by atoms with Gasteiger partial charge in [0.1, 0.15) is 16.9 Å². The Kier molecular flexibility index (Phi) is 2.46. The molecule has 0 aliphatic carbocycles. The first-order valence-electron chi connectivity index (χ1n) is 6.18. The molecular weight excluding hydrogens is 272 g/mol. The van der Waals surface area contributed by atoms with Crippen LogP contribution in [-0.4, -0.2) is 25.6 Å². The zero-order valence-electron chi connectivity index (χ0n) is 10.6. The van der Waals surface area contributed by atoms with Crippen molar-refractivity contribution < 1.29 is 9.53 Å². The van der Waals surface area contributed by atoms with E-state index in [9.17, 15) is 4.79 Å². The Morgan fingerprint density at radius 3 is 3.10 bits per heavy atom. The van der Waals surface area contributed by atoms with Gasteiger partial charge in [0, 0.05) is 18.6 Å². The van der Waals surface area contributed by atoms with Gasteiger partial charge in [-0.1, -0.05) is 0 Å². The van der Waals surface area contributed by atoms with E-state index >= 15 is 0 Å². The summed E-state index contributed by atoms with van der Waals surface area (Å²) in [7, 11) is 0. The quantitative estimate of drug-likeness (QED) is 0.670. The van der Waals surface area contributed by atoms with Crippen molar-refractivity contribution in [3.05, 3.63) is 54.2 Å². The van der Waals surface area contributed by atoms with Crippen molar-refractivity contribution in [2.45, 2.75) is 6.23 Å². The molecule has 0 fully saturated rings. The molecule has 0 spiro atoms. The second-order valence-corrected chi connectivity index (χ2v) is 4.33. The van der Waals surface area contributed by atoms with Crippen molar-refractivity contribution in [2.75, 3.05) is 0 Å². The number of fused-ring (bicyclic) bond motifs is 2. The highest BCUT2D eigenvalue weighted by molar-refractivity contribution is 5.95. The average Bonchev–Trinajstić information content (AvgIpc) is 3.12. The van der Waals surface area contributed by atoms with Gasteiger partial charge in [0.15, 0.2) is 5.65 Å². The summed E-state index contributed by atoms with van der Waals surface area (Å²) in [4.78, 5) is 20.5. The number of esters is 1. The van der Waals surface area contributed by atoms with Crippen LogP contribution in [0, 0.1) is 0 Å². The number of hydrogen-bond donors (Lipinski definition) is 0. The molecule has 3 aromatic heterocycles. The van der Waals surface area contributed by atoms with Gasteiger partial charge in [0.2, 0.25) is 0 Å². The summed E-state index contributed by atoms with van der Waals surface area (Å²) < 4.78 is 6.83. The molecule has 4 heterocycles. The molecule has 0 saturated heterocycles. The van der Waals surface area contributed by atoms with E-state index in [4.69, 9.17) is 4.74 Å². The highest BCUT2D eigenvalue weighted by atomic mass is 16.6. The molecule has 0 bridgehead atoms. The summed E-state index contributed by atoms with van der Waals surface area (Å²) in [6, 6.07) is 5.23. The number of nitrogens with zero attached hydrogens (tertiary/aromatic N) is 6. The van der Waals surface area contributed by atoms with E-state index in [1.165, 1.54) is 10.7 Å². The normalized spacial score (nSPS) is 16.1. The lowest BCUT2D eigenvalue weighted by molar-refractivity contribution is 0.0310. The van der Waals surface area contributed by atoms with E-state index in [2.05, 4.69) is 25.3 Å². The summed E-state index contributed by atoms with van der Waals surface area (Å²) in [5.41, 5.74) is 1.83. The predicted octanol–water partition coefficient (Wildman–Crippen LogP) is 2.08. The van der Waals surface area contributed by atoms with Crippen LogP contribution in [0.4, 0.5) is 5.69 Å². The molecule has 1 atom stereocenters. The average molecular weight is 280 g/mol. The Labute approximate surface area is 118 Å². The maximum absolute atomic E-state index is 12.2. The molecule has 1 unspecified atom stereocenters. The number of hydrogen-bond acceptors (Lipinski definition) is 7. The third-order valence-corrected chi connectivity index (χ3v) is 3.04. The van der Waals surface area contributed by atoms with Crippen molar-refractivity contribution in [3.63, 3.8) is 0 Å². The molecule has 0 saturated carbocycles. The van der Waals surface area contributed by atoms with E-state index in [0.717, 1.165) is 0 Å². The standard InChI is InChI=1S/C13H8N6O2/c20-13(8-7-16-19-6-2-5-15-11(8)19)21-12-10-9(17-18-12)3-1-4-14-10/h1-7,12H. The van der Waals surface area contributed by atoms with Crippen LogP contribution >= 0.6 is 0 Å². The fraction of sp³-hybridized carbons (Fsp3) is 0.0769. The molecule has 3 aromatic rings. The molecule has 21 heavy (non-hydrogen) atoms. The molecular formula is C13H8N6O2. The van der Waals surface area contributed by atoms with Crippen LogP contribution in [-0.2, 0) is 4.74 Å². The van der Waals surface area contributed by atoms with Crippen LogP contribution in [0.3, 0.4) is 0 Å². The van der Waals surface area contributed by atoms with E-state index in [-0.39, 0.29) is 5.56 Å². The number of azo groups is 1. The summed E-state index contributed by atoms with van der Waals surface area (Å²) in [5, 5.41) is 11.9. The van der Waals surface area contributed by atoms with Crippen molar-refractivity contribution in [2.24, 2.45) is 10.2 Å². The molecule has 0 N–H and O–H groups in total. The second-order valence-electron chi connectivity index (χ2n) is 4.33. The van der Waals surface area contributed by atoms with Crippen molar-refractivity contribution in [1.82, 2.24) is 19.6 Å². The Morgan fingerprint density at radius 1 is 1.24 bits per heavy atom. The SMILES string of the molecule is O=C(OC1N=Nc2cccnc21)c1cnn2cccnc12. The molecule has 1 aliphatic heterocycles. The second kappa shape index (κ2) is 4.44. The van der Waals surface area contributed by atoms with Gasteiger partial charge < -0.3 is 4.74 Å². The van der Waals surface area contributed by atoms with Crippen LogP contribution in [0.2, 0.25) is 0 Å². The monoisotopic (exact) mass is 280 g/mol. The Morgan fingerprint density at radius 2 is 2.14 bits per heavy atom. The highest BCUT2D eigenvalue weighted by Gasteiger charge is 2.27. The van der Waals surface area contributed by atoms with E-state index in [1.54, 1.807) is 36.8 Å². The first-order chi connectivity index (χ1) is 10.3. The maximum Gasteiger partial charge on any atom is 0.346 e. The summed E-state index contributed by atoms with van der Waals surface area (Å²) >= 11 is 0. The number of rotatable bonds is 2. The fourth-order valence-corrected chi connectivity index (χ4v) is 2.07. The third-order valence-electron chi connectivity index (χ3n) is 3.04. The molecule has 8 nitrogen and oxygen atoms in total. The predicted molar refractivity (Wildman–Crippen MR) is 69.9 cm³/mol. The van der Waals surface area contributed by atoms with Gasteiger partial charge in [0.25, 0.3) is 6.23 Å². The van der Waals surface area contributed by atoms with Crippen molar-refractivity contribution in [3.8, 4) is 0 Å². The number of ether oxygens (including phenoxy) is 1. The maximum atomic E-state index is 12.2. The minimum atomic E-state index is -0.827. The van der Waals surface area contributed by atoms with Crippen LogP contribution in [0.5, 0.6) is 0 Å². The molecule has 0 aromatic carbocycles. The van der Waals surface area contributed by atoms with Gasteiger partial charge in [-0.25, -0.2) is 14.3 Å². The van der Waals surface area contributed by atoms with Crippen molar-refractivity contribution in [1.29, 1.82) is 0 Å². The van der Waals surface area contributed by atoms with E-state index in [1.807, 2.05) is 0 Å². The molecule has 0 amide bonds. The molecule has 1 aliphatic rings. The van der Waals surface area contributed by atoms with E-state index in [0.29, 0.717) is 17.0 Å². The van der Waals surface area contributed by atoms with Crippen LogP contribution in [0.25, 0.3) is 5.65 Å². The molecule has 4 rings (SSSR count). The summed E-state index contributed by atoms with van der Waals surface area (Å²) in [5.74, 6) is -0.564. The van der Waals surface area contributed by atoms with Crippen molar-refractivity contribution >= 4 is 17.3 Å². The number of carbonyl (C=O) groups is 1. The molecule has 0 radical (unpaired) electrons. The first-order valence-corrected chi connectivity index (χ1v) is 6.18. The zero-order chi connectivity index (χ0) is 14.2. The lowest BCUT2D eigenvalue weighted by Gasteiger charge is -2.07. The van der Waals surface area contributed by atoms with Gasteiger partial charge >= 0.3 is 5.97 Å². The Balaban J connectivity index is 1.64. The fourth-order valence-electron chi connectivity index (χ4n) is 2.07. The van der Waals surface area contributed by atoms with Gasteiger partial charge in [0.05, 0.1) is 6.20 Å². The van der Waals surface area contributed by atoms with Crippen LogP contribution in [0.1, 0.15) is 22.3 Å². The lowest BCUT2D eigenvalue weighted by atomic mass is 10.3. The minimum Gasteiger partial charge on any atom is -0.428 e. The van der Waals surface area contributed by atoms with E-state index < -0.39 is 12.2 Å². The molecule has 8 heteroatoms. The zero-order valence-corrected chi connectivity index (χ0v) is 10.6. The van der Waals surface area contributed by atoms with Crippen LogP contribution < -0.4 is 0 Å². The Bertz CT molecular complexity index is 872. The smallest absolute Gasteiger partial charge is 0.346 e. The largest absolute Gasteiger partial charge is 0.428 e. The summed E-state index contributed by atoms with van der Waals surface area (Å²) in [6.45, 7) is 0. The third kappa shape index (κ3) is 1.84. The van der Waals surface area contributed by atoms with Gasteiger partial charge in [-0.2, -0.15) is 5.10 Å². The van der Waals surface area contributed by atoms with Gasteiger partial charge in [-0.05, 0) is 18.2 Å². The number of aromatic nitrogens is 4. The first kappa shape index (κ1) is 11.6. The summed E-state index contributed by atoms with van der Waals surface area (Å²) in [6.07, 6.45) is 5.47. The Hall–Kier alpha value is -3.16. The minimum absolute atomic E-state index is 0.273. The number of carbonyl (C=O) groups excluding carboxylic acids is 1. The lowest BCUT2D eigenvalue weighted by Crippen LogP contribution is -2.09. The number of pyridine rings is 1. The van der Waals surface area contributed by atoms with Gasteiger partial charge in [-0.15, -0.1) is 10.2 Å². The van der Waals surface area contributed by atoms with Crippen LogP contribution in [0.15, 0.2) is 53.2 Å². The topological polar surface area (TPSA) is 94.1 Å². The highest BCUT2D eigenvalue weighted by Crippen LogP contribution is 2.34. The van der Waals surface area contributed by atoms with Gasteiger partial charge in [-0.3, -0.25) is 4.98 Å². The molecule has 102 valence electrons.